The standard InChI is InChI=1S/C12H14F3N3O4/c13-12(14,15)7-22-9-6-16-3-1-8(9)5-18-11(21)17-4-2-10(19)20/h1,3,6H,2,4-5,7H2,(H,19,20)(H2,17,18,21). The fraction of sp³-hybridized carbons (Fsp3) is 0.417. The smallest absolute Gasteiger partial charge is 0.422 e. The van der Waals surface area contributed by atoms with Gasteiger partial charge in [0.25, 0.3) is 0 Å². The first kappa shape index (κ1) is 17.5. The van der Waals surface area contributed by atoms with Gasteiger partial charge in [-0.2, -0.15) is 13.2 Å². The van der Waals surface area contributed by atoms with Crippen LogP contribution < -0.4 is 15.4 Å². The third-order valence-corrected chi connectivity index (χ3v) is 2.33. The molecule has 0 unspecified atom stereocenters. The van der Waals surface area contributed by atoms with Crippen molar-refractivity contribution in [3.8, 4) is 5.75 Å². The normalized spacial score (nSPS) is 10.9. The number of urea groups is 1. The number of rotatable bonds is 7. The van der Waals surface area contributed by atoms with E-state index in [0.29, 0.717) is 5.56 Å². The maximum absolute atomic E-state index is 12.1. The van der Waals surface area contributed by atoms with Crippen LogP contribution >= 0.6 is 0 Å². The molecule has 1 heterocycles. The molecule has 0 aromatic carbocycles. The van der Waals surface area contributed by atoms with Crippen molar-refractivity contribution in [2.24, 2.45) is 0 Å². The zero-order valence-corrected chi connectivity index (χ0v) is 11.3. The topological polar surface area (TPSA) is 101 Å². The summed E-state index contributed by atoms with van der Waals surface area (Å²) in [7, 11) is 0. The molecule has 122 valence electrons. The fourth-order valence-corrected chi connectivity index (χ4v) is 1.37. The van der Waals surface area contributed by atoms with Gasteiger partial charge in [-0.25, -0.2) is 4.79 Å². The van der Waals surface area contributed by atoms with Crippen molar-refractivity contribution >= 4 is 12.0 Å². The highest BCUT2D eigenvalue weighted by Crippen LogP contribution is 2.21. The number of carboxylic acid groups (broad SMARTS) is 1. The van der Waals surface area contributed by atoms with E-state index in [1.165, 1.54) is 12.3 Å². The predicted octanol–water partition coefficient (Wildman–Crippen LogP) is 1.30. The van der Waals surface area contributed by atoms with Gasteiger partial charge < -0.3 is 20.5 Å². The van der Waals surface area contributed by atoms with E-state index in [2.05, 4.69) is 20.4 Å². The largest absolute Gasteiger partial charge is 0.482 e. The summed E-state index contributed by atoms with van der Waals surface area (Å²) in [5, 5.41) is 13.1. The molecular formula is C12H14F3N3O4. The van der Waals surface area contributed by atoms with Crippen molar-refractivity contribution in [3.05, 3.63) is 24.0 Å². The van der Waals surface area contributed by atoms with Gasteiger partial charge in [0, 0.05) is 24.8 Å². The van der Waals surface area contributed by atoms with Gasteiger partial charge in [0.1, 0.15) is 5.75 Å². The Bertz CT molecular complexity index is 523. The van der Waals surface area contributed by atoms with Crippen LogP contribution in [0.4, 0.5) is 18.0 Å². The van der Waals surface area contributed by atoms with Crippen molar-refractivity contribution < 1.29 is 32.6 Å². The minimum absolute atomic E-state index is 0.0606. The molecule has 22 heavy (non-hydrogen) atoms. The van der Waals surface area contributed by atoms with Crippen LogP contribution in [0.2, 0.25) is 0 Å². The molecule has 3 N–H and O–H groups in total. The summed E-state index contributed by atoms with van der Waals surface area (Å²) in [6.45, 7) is -1.61. The summed E-state index contributed by atoms with van der Waals surface area (Å²) >= 11 is 0. The molecule has 1 aromatic heterocycles. The maximum atomic E-state index is 12.1. The summed E-state index contributed by atoms with van der Waals surface area (Å²) in [4.78, 5) is 25.3. The van der Waals surface area contributed by atoms with Crippen molar-refractivity contribution in [3.63, 3.8) is 0 Å². The van der Waals surface area contributed by atoms with Crippen LogP contribution in [0.3, 0.4) is 0 Å². The minimum atomic E-state index is -4.48. The summed E-state index contributed by atoms with van der Waals surface area (Å²) in [5.41, 5.74) is 0.313. The van der Waals surface area contributed by atoms with Crippen LogP contribution in [0.15, 0.2) is 18.5 Å². The predicted molar refractivity (Wildman–Crippen MR) is 68.3 cm³/mol. The number of pyridine rings is 1. The SMILES string of the molecule is O=C(O)CCNC(=O)NCc1ccncc1OCC(F)(F)F. The Kier molecular flexibility index (Phi) is 6.42. The molecule has 0 aliphatic carbocycles. The zero-order valence-electron chi connectivity index (χ0n) is 11.3. The number of hydrogen-bond donors (Lipinski definition) is 3. The maximum Gasteiger partial charge on any atom is 0.422 e. The summed E-state index contributed by atoms with van der Waals surface area (Å²) in [5.74, 6) is -1.15. The molecule has 0 aliphatic rings. The Morgan fingerprint density at radius 2 is 2.05 bits per heavy atom. The highest BCUT2D eigenvalue weighted by Gasteiger charge is 2.28. The first-order valence-corrected chi connectivity index (χ1v) is 6.14. The first-order valence-electron chi connectivity index (χ1n) is 6.14. The monoisotopic (exact) mass is 321 g/mol. The van der Waals surface area contributed by atoms with Crippen LogP contribution in [-0.4, -0.2) is 41.4 Å². The molecule has 7 nitrogen and oxygen atoms in total. The molecule has 0 aliphatic heterocycles. The fourth-order valence-electron chi connectivity index (χ4n) is 1.37. The van der Waals surface area contributed by atoms with Crippen LogP contribution in [0.25, 0.3) is 0 Å². The summed E-state index contributed by atoms with van der Waals surface area (Å²) < 4.78 is 41.0. The number of ether oxygens (including phenoxy) is 1. The lowest BCUT2D eigenvalue weighted by atomic mass is 10.2. The van der Waals surface area contributed by atoms with Gasteiger partial charge in [-0.15, -0.1) is 0 Å². The lowest BCUT2D eigenvalue weighted by Gasteiger charge is -2.13. The molecule has 1 rings (SSSR count). The van der Waals surface area contributed by atoms with E-state index in [1.54, 1.807) is 0 Å². The Morgan fingerprint density at radius 3 is 2.68 bits per heavy atom. The Morgan fingerprint density at radius 1 is 1.32 bits per heavy atom. The second-order valence-electron chi connectivity index (χ2n) is 4.14. The van der Waals surface area contributed by atoms with Crippen molar-refractivity contribution in [2.75, 3.05) is 13.2 Å². The van der Waals surface area contributed by atoms with E-state index >= 15 is 0 Å². The lowest BCUT2D eigenvalue weighted by molar-refractivity contribution is -0.153. The quantitative estimate of drug-likeness (QED) is 0.703. The number of nitrogens with zero attached hydrogens (tertiary/aromatic N) is 1. The average Bonchev–Trinajstić information content (AvgIpc) is 2.42. The number of hydrogen-bond acceptors (Lipinski definition) is 4. The van der Waals surface area contributed by atoms with Crippen LogP contribution in [0.1, 0.15) is 12.0 Å². The third kappa shape index (κ3) is 7.31. The number of halogens is 3. The number of amides is 2. The zero-order chi connectivity index (χ0) is 16.6. The van der Waals surface area contributed by atoms with Crippen molar-refractivity contribution in [2.45, 2.75) is 19.1 Å². The molecule has 0 radical (unpaired) electrons. The highest BCUT2D eigenvalue weighted by molar-refractivity contribution is 5.75. The summed E-state index contributed by atoms with van der Waals surface area (Å²) in [6, 6.07) is 0.767. The molecular weight excluding hydrogens is 307 g/mol. The average molecular weight is 321 g/mol. The van der Waals surface area contributed by atoms with Gasteiger partial charge in [-0.1, -0.05) is 0 Å². The first-order chi connectivity index (χ1) is 10.3. The number of carbonyl (C=O) groups is 2. The van der Waals surface area contributed by atoms with Gasteiger partial charge in [0.15, 0.2) is 6.61 Å². The third-order valence-electron chi connectivity index (χ3n) is 2.33. The van der Waals surface area contributed by atoms with E-state index in [-0.39, 0.29) is 25.3 Å². The number of alkyl halides is 3. The highest BCUT2D eigenvalue weighted by atomic mass is 19.4. The van der Waals surface area contributed by atoms with E-state index < -0.39 is 24.8 Å². The minimum Gasteiger partial charge on any atom is -0.482 e. The van der Waals surface area contributed by atoms with Crippen LogP contribution in [0, 0.1) is 0 Å². The van der Waals surface area contributed by atoms with Gasteiger partial charge in [-0.05, 0) is 6.07 Å². The Hall–Kier alpha value is -2.52. The second-order valence-corrected chi connectivity index (χ2v) is 4.14. The molecule has 2 amide bonds. The molecule has 1 aromatic rings. The second kappa shape index (κ2) is 8.05. The molecule has 0 atom stereocenters. The molecule has 0 fully saturated rings. The number of aromatic nitrogens is 1. The molecule has 0 spiro atoms. The number of carbonyl (C=O) groups excluding carboxylic acids is 1. The van der Waals surface area contributed by atoms with Crippen LogP contribution in [-0.2, 0) is 11.3 Å². The van der Waals surface area contributed by atoms with Crippen molar-refractivity contribution in [1.29, 1.82) is 0 Å². The van der Waals surface area contributed by atoms with E-state index in [1.807, 2.05) is 0 Å². The Balaban J connectivity index is 2.48. The van der Waals surface area contributed by atoms with Gasteiger partial charge >= 0.3 is 18.2 Å². The van der Waals surface area contributed by atoms with Crippen molar-refractivity contribution in [1.82, 2.24) is 15.6 Å². The van der Waals surface area contributed by atoms with Gasteiger partial charge in [0.05, 0.1) is 12.6 Å². The number of nitrogens with one attached hydrogen (secondary N) is 2. The van der Waals surface area contributed by atoms with E-state index in [0.717, 1.165) is 6.20 Å². The summed E-state index contributed by atoms with van der Waals surface area (Å²) in [6.07, 6.45) is -2.25. The lowest BCUT2D eigenvalue weighted by Crippen LogP contribution is -2.36. The van der Waals surface area contributed by atoms with E-state index in [4.69, 9.17) is 5.11 Å². The van der Waals surface area contributed by atoms with Gasteiger partial charge in [0.2, 0.25) is 0 Å². The van der Waals surface area contributed by atoms with E-state index in [9.17, 15) is 22.8 Å². The van der Waals surface area contributed by atoms with Gasteiger partial charge in [-0.3, -0.25) is 9.78 Å². The molecule has 0 saturated carbocycles. The number of aliphatic carboxylic acids is 1. The molecule has 10 heteroatoms. The number of carboxylic acids is 1. The van der Waals surface area contributed by atoms with Crippen LogP contribution in [0.5, 0.6) is 5.75 Å². The molecule has 0 bridgehead atoms. The molecule has 0 saturated heterocycles. The Labute approximate surface area is 123 Å².